The number of nitrogens with zero attached hydrogens (tertiary/aromatic N) is 6. The van der Waals surface area contributed by atoms with Crippen molar-refractivity contribution in [1.29, 1.82) is 0 Å². The largest absolute Gasteiger partial charge is 0.373 e. The monoisotopic (exact) mass is 468 g/mol. The molecule has 0 aliphatic carbocycles. The molecule has 7 nitrogen and oxygen atoms in total. The van der Waals surface area contributed by atoms with Gasteiger partial charge in [-0.2, -0.15) is 0 Å². The summed E-state index contributed by atoms with van der Waals surface area (Å²) in [6.45, 7) is 6.34. The summed E-state index contributed by atoms with van der Waals surface area (Å²) in [6.07, 6.45) is 0. The zero-order chi connectivity index (χ0) is 23.5. The lowest BCUT2D eigenvalue weighted by molar-refractivity contribution is 0.144. The van der Waals surface area contributed by atoms with Gasteiger partial charge in [0.1, 0.15) is 5.82 Å². The van der Waals surface area contributed by atoms with Crippen LogP contribution >= 0.6 is 11.6 Å². The fourth-order valence-electron chi connectivity index (χ4n) is 4.13. The molecule has 3 aromatic rings. The molecule has 2 aromatic carbocycles. The Kier molecular flexibility index (Phi) is 7.34. The van der Waals surface area contributed by atoms with Crippen LogP contribution in [0.2, 0.25) is 5.02 Å². The molecule has 176 valence electrons. The second-order valence-corrected chi connectivity index (χ2v) is 9.53. The first-order valence-corrected chi connectivity index (χ1v) is 11.8. The number of benzene rings is 2. The first kappa shape index (κ1) is 23.7. The van der Waals surface area contributed by atoms with Crippen molar-refractivity contribution in [2.45, 2.75) is 6.54 Å². The standard InChI is InChI=1S/C25H33ClN6O/c1-28(2)11-14-30(4)19-9-10-20-22(17-19)27-24(18-31-15-12-29(3)13-16-31)32(25(20)33)23-8-6-5-7-21(23)26/h5-10,17H,11-16,18H2,1-4H3. The Morgan fingerprint density at radius 1 is 1.00 bits per heavy atom. The number of likely N-dealkylation sites (N-methyl/N-ethyl adjacent to an activating group) is 3. The molecular formula is C25H33ClN6O. The van der Waals surface area contributed by atoms with Crippen LogP contribution in [-0.4, -0.2) is 91.7 Å². The highest BCUT2D eigenvalue weighted by molar-refractivity contribution is 6.32. The SMILES string of the molecule is CN(C)CCN(C)c1ccc2c(=O)n(-c3ccccc3Cl)c(CN3CCN(C)CC3)nc2c1. The van der Waals surface area contributed by atoms with E-state index in [0.29, 0.717) is 22.6 Å². The number of aromatic nitrogens is 2. The minimum absolute atomic E-state index is 0.0836. The van der Waals surface area contributed by atoms with E-state index in [9.17, 15) is 4.79 Å². The Labute approximate surface area is 200 Å². The summed E-state index contributed by atoms with van der Waals surface area (Å²) in [7, 11) is 8.34. The van der Waals surface area contributed by atoms with Crippen molar-refractivity contribution in [3.63, 3.8) is 0 Å². The highest BCUT2D eigenvalue weighted by Gasteiger charge is 2.20. The Morgan fingerprint density at radius 3 is 2.42 bits per heavy atom. The second kappa shape index (κ2) is 10.2. The van der Waals surface area contributed by atoms with Crippen LogP contribution in [0.5, 0.6) is 0 Å². The van der Waals surface area contributed by atoms with Crippen molar-refractivity contribution < 1.29 is 0 Å². The summed E-state index contributed by atoms with van der Waals surface area (Å²) in [5.41, 5.74) is 2.37. The molecule has 0 saturated carbocycles. The normalized spacial score (nSPS) is 15.5. The molecule has 0 bridgehead atoms. The Bertz CT molecular complexity index is 1170. The van der Waals surface area contributed by atoms with Gasteiger partial charge in [0.15, 0.2) is 0 Å². The number of para-hydroxylation sites is 1. The van der Waals surface area contributed by atoms with Gasteiger partial charge in [-0.05, 0) is 51.5 Å². The zero-order valence-electron chi connectivity index (χ0n) is 20.0. The summed E-state index contributed by atoms with van der Waals surface area (Å²) >= 11 is 6.52. The molecule has 4 rings (SSSR count). The van der Waals surface area contributed by atoms with Crippen LogP contribution in [0, 0.1) is 0 Å². The summed E-state index contributed by atoms with van der Waals surface area (Å²) in [5, 5.41) is 1.14. The zero-order valence-corrected chi connectivity index (χ0v) is 20.7. The Morgan fingerprint density at radius 2 is 1.73 bits per heavy atom. The van der Waals surface area contributed by atoms with Gasteiger partial charge in [-0.25, -0.2) is 4.98 Å². The van der Waals surface area contributed by atoms with Crippen LogP contribution < -0.4 is 10.5 Å². The fourth-order valence-corrected chi connectivity index (χ4v) is 4.35. The molecular weight excluding hydrogens is 436 g/mol. The molecule has 1 fully saturated rings. The lowest BCUT2D eigenvalue weighted by atomic mass is 10.2. The first-order valence-electron chi connectivity index (χ1n) is 11.4. The topological polar surface area (TPSA) is 47.9 Å². The van der Waals surface area contributed by atoms with Gasteiger partial charge in [-0.15, -0.1) is 0 Å². The summed E-state index contributed by atoms with van der Waals surface area (Å²) in [4.78, 5) is 27.8. The molecule has 0 radical (unpaired) electrons. The third-order valence-electron chi connectivity index (χ3n) is 6.30. The minimum atomic E-state index is -0.0836. The van der Waals surface area contributed by atoms with Gasteiger partial charge < -0.3 is 14.7 Å². The van der Waals surface area contributed by atoms with Gasteiger partial charge in [0.2, 0.25) is 0 Å². The number of fused-ring (bicyclic) bond motifs is 1. The molecule has 0 amide bonds. The molecule has 33 heavy (non-hydrogen) atoms. The lowest BCUT2D eigenvalue weighted by Gasteiger charge is -2.32. The van der Waals surface area contributed by atoms with Gasteiger partial charge >= 0.3 is 0 Å². The van der Waals surface area contributed by atoms with E-state index in [1.54, 1.807) is 4.57 Å². The van der Waals surface area contributed by atoms with E-state index in [4.69, 9.17) is 16.6 Å². The summed E-state index contributed by atoms with van der Waals surface area (Å²) < 4.78 is 1.69. The van der Waals surface area contributed by atoms with Crippen LogP contribution in [0.3, 0.4) is 0 Å². The van der Waals surface area contributed by atoms with Crippen LogP contribution in [-0.2, 0) is 6.54 Å². The van der Waals surface area contributed by atoms with E-state index >= 15 is 0 Å². The second-order valence-electron chi connectivity index (χ2n) is 9.13. The highest BCUT2D eigenvalue weighted by Crippen LogP contribution is 2.24. The van der Waals surface area contributed by atoms with E-state index in [0.717, 1.165) is 56.3 Å². The average molecular weight is 469 g/mol. The molecule has 2 heterocycles. The van der Waals surface area contributed by atoms with Crippen molar-refractivity contribution in [2.75, 3.05) is 72.4 Å². The number of hydrogen-bond donors (Lipinski definition) is 0. The molecule has 1 aliphatic heterocycles. The third-order valence-corrected chi connectivity index (χ3v) is 6.62. The summed E-state index contributed by atoms with van der Waals surface area (Å²) in [5.74, 6) is 0.721. The van der Waals surface area contributed by atoms with Crippen LogP contribution in [0.4, 0.5) is 5.69 Å². The molecule has 0 atom stereocenters. The number of halogens is 1. The molecule has 1 aliphatic rings. The molecule has 0 N–H and O–H groups in total. The smallest absolute Gasteiger partial charge is 0.266 e. The highest BCUT2D eigenvalue weighted by atomic mass is 35.5. The minimum Gasteiger partial charge on any atom is -0.373 e. The van der Waals surface area contributed by atoms with Gasteiger partial charge in [0, 0.05) is 52.0 Å². The van der Waals surface area contributed by atoms with Crippen molar-refractivity contribution in [3.05, 3.63) is 63.7 Å². The van der Waals surface area contributed by atoms with Gasteiger partial charge in [0.05, 0.1) is 28.2 Å². The third kappa shape index (κ3) is 5.38. The number of piperazine rings is 1. The van der Waals surface area contributed by atoms with Crippen molar-refractivity contribution in [3.8, 4) is 5.69 Å². The van der Waals surface area contributed by atoms with E-state index in [-0.39, 0.29) is 5.56 Å². The Balaban J connectivity index is 1.79. The molecule has 0 spiro atoms. The van der Waals surface area contributed by atoms with Gasteiger partial charge in [-0.1, -0.05) is 23.7 Å². The van der Waals surface area contributed by atoms with E-state index in [1.165, 1.54) is 0 Å². The fraction of sp³-hybridized carbons (Fsp3) is 0.440. The van der Waals surface area contributed by atoms with Crippen molar-refractivity contribution in [2.24, 2.45) is 0 Å². The first-order chi connectivity index (χ1) is 15.8. The molecule has 8 heteroatoms. The lowest BCUT2D eigenvalue weighted by Crippen LogP contribution is -2.44. The predicted molar refractivity (Wildman–Crippen MR) is 137 cm³/mol. The maximum Gasteiger partial charge on any atom is 0.266 e. The molecule has 1 aromatic heterocycles. The quantitative estimate of drug-likeness (QED) is 0.531. The Hall–Kier alpha value is -2.45. The summed E-state index contributed by atoms with van der Waals surface area (Å²) in [6, 6.07) is 13.4. The van der Waals surface area contributed by atoms with E-state index in [2.05, 4.69) is 47.8 Å². The van der Waals surface area contributed by atoms with Crippen molar-refractivity contribution >= 4 is 28.2 Å². The number of anilines is 1. The molecule has 0 unspecified atom stereocenters. The van der Waals surface area contributed by atoms with Crippen LogP contribution in [0.25, 0.3) is 16.6 Å². The van der Waals surface area contributed by atoms with E-state index in [1.807, 2.05) is 42.5 Å². The van der Waals surface area contributed by atoms with Gasteiger partial charge in [0.25, 0.3) is 5.56 Å². The van der Waals surface area contributed by atoms with Gasteiger partial charge in [-0.3, -0.25) is 14.3 Å². The van der Waals surface area contributed by atoms with E-state index < -0.39 is 0 Å². The molecule has 1 saturated heterocycles. The van der Waals surface area contributed by atoms with Crippen LogP contribution in [0.1, 0.15) is 5.82 Å². The van der Waals surface area contributed by atoms with Crippen LogP contribution in [0.15, 0.2) is 47.3 Å². The van der Waals surface area contributed by atoms with Crippen molar-refractivity contribution in [1.82, 2.24) is 24.3 Å². The maximum atomic E-state index is 13.7. The number of rotatable bonds is 7. The number of hydrogen-bond acceptors (Lipinski definition) is 6. The maximum absolute atomic E-state index is 13.7. The average Bonchev–Trinajstić information content (AvgIpc) is 2.79. The predicted octanol–water partition coefficient (Wildman–Crippen LogP) is 2.78.